The van der Waals surface area contributed by atoms with Crippen molar-refractivity contribution in [2.45, 2.75) is 25.3 Å². The third-order valence-corrected chi connectivity index (χ3v) is 4.12. The molecule has 1 fully saturated rings. The lowest BCUT2D eigenvalue weighted by molar-refractivity contribution is 0.198. The molecule has 2 aromatic rings. The summed E-state index contributed by atoms with van der Waals surface area (Å²) in [6, 6.07) is 6.26. The van der Waals surface area contributed by atoms with Crippen LogP contribution in [0.15, 0.2) is 30.6 Å². The second-order valence-electron chi connectivity index (χ2n) is 5.79. The topological polar surface area (TPSA) is 46.0 Å². The van der Waals surface area contributed by atoms with Crippen molar-refractivity contribution in [2.75, 3.05) is 25.5 Å². The summed E-state index contributed by atoms with van der Waals surface area (Å²) in [5.41, 5.74) is 2.49. The minimum absolute atomic E-state index is 0.531. The fourth-order valence-corrected chi connectivity index (χ4v) is 3.07. The van der Waals surface area contributed by atoms with Crippen LogP contribution >= 0.6 is 0 Å². The third-order valence-electron chi connectivity index (χ3n) is 4.12. The molecule has 1 saturated heterocycles. The van der Waals surface area contributed by atoms with E-state index in [1.807, 2.05) is 31.0 Å². The molecule has 2 aromatic heterocycles. The summed E-state index contributed by atoms with van der Waals surface area (Å²) in [4.78, 5) is 7.22. The zero-order valence-corrected chi connectivity index (χ0v) is 12.8. The number of hydrogen-bond acceptors (Lipinski definition) is 4. The quantitative estimate of drug-likeness (QED) is 0.936. The molecule has 0 spiro atoms. The van der Waals surface area contributed by atoms with E-state index in [4.69, 9.17) is 4.98 Å². The largest absolute Gasteiger partial charge is 0.373 e. The molecule has 3 rings (SSSR count). The van der Waals surface area contributed by atoms with E-state index in [1.54, 1.807) is 0 Å². The molecular formula is C16H23N5. The number of piperidine rings is 1. The van der Waals surface area contributed by atoms with Gasteiger partial charge in [0.05, 0.1) is 6.20 Å². The number of pyridine rings is 1. The number of hydrogen-bond donors (Lipinski definition) is 1. The average Bonchev–Trinajstić information content (AvgIpc) is 2.93. The second kappa shape index (κ2) is 6.26. The number of aromatic nitrogens is 3. The van der Waals surface area contributed by atoms with Gasteiger partial charge in [-0.15, -0.1) is 0 Å². The van der Waals surface area contributed by atoms with Gasteiger partial charge in [-0.05, 0) is 31.5 Å². The summed E-state index contributed by atoms with van der Waals surface area (Å²) in [5.74, 6) is 1.49. The maximum atomic E-state index is 4.71. The fraction of sp³-hybridized carbons (Fsp3) is 0.500. The third kappa shape index (κ3) is 3.42. The number of anilines is 1. The van der Waals surface area contributed by atoms with Gasteiger partial charge >= 0.3 is 0 Å². The summed E-state index contributed by atoms with van der Waals surface area (Å²) in [5, 5.41) is 7.38. The van der Waals surface area contributed by atoms with Crippen molar-refractivity contribution in [3.8, 4) is 0 Å². The monoisotopic (exact) mass is 285 g/mol. The van der Waals surface area contributed by atoms with Gasteiger partial charge in [0.2, 0.25) is 0 Å². The van der Waals surface area contributed by atoms with E-state index >= 15 is 0 Å². The van der Waals surface area contributed by atoms with Crippen LogP contribution in [-0.2, 0) is 13.6 Å². The van der Waals surface area contributed by atoms with Gasteiger partial charge in [0.15, 0.2) is 0 Å². The lowest BCUT2D eigenvalue weighted by atomic mass is 9.94. The zero-order valence-electron chi connectivity index (χ0n) is 12.8. The van der Waals surface area contributed by atoms with Crippen LogP contribution in [0.1, 0.15) is 30.0 Å². The van der Waals surface area contributed by atoms with Crippen LogP contribution in [0.3, 0.4) is 0 Å². The number of aryl methyl sites for hydroxylation is 1. The van der Waals surface area contributed by atoms with Crippen molar-refractivity contribution in [3.05, 3.63) is 41.9 Å². The average molecular weight is 285 g/mol. The van der Waals surface area contributed by atoms with Crippen LogP contribution in [0.5, 0.6) is 0 Å². The van der Waals surface area contributed by atoms with Gasteiger partial charge in [-0.2, -0.15) is 5.10 Å². The standard InChI is InChI=1S/C16H23N5/c1-17-16-7-3-6-15(19-16)14-5-4-8-21(12-14)11-13-9-18-20(2)10-13/h3,6-7,9-10,14H,4-5,8,11-12H2,1-2H3,(H,17,19). The van der Waals surface area contributed by atoms with Crippen molar-refractivity contribution >= 4 is 5.82 Å². The number of nitrogens with zero attached hydrogens (tertiary/aromatic N) is 4. The predicted molar refractivity (Wildman–Crippen MR) is 84.2 cm³/mol. The lowest BCUT2D eigenvalue weighted by Crippen LogP contribution is -2.34. The molecule has 1 atom stereocenters. The molecule has 3 heterocycles. The van der Waals surface area contributed by atoms with Gasteiger partial charge in [-0.1, -0.05) is 6.07 Å². The first-order chi connectivity index (χ1) is 10.2. The first-order valence-electron chi connectivity index (χ1n) is 7.59. The Kier molecular flexibility index (Phi) is 4.20. The smallest absolute Gasteiger partial charge is 0.125 e. The molecular weight excluding hydrogens is 262 g/mol. The first-order valence-corrected chi connectivity index (χ1v) is 7.59. The molecule has 1 aliphatic rings. The van der Waals surface area contributed by atoms with E-state index in [2.05, 4.69) is 33.6 Å². The molecule has 0 radical (unpaired) electrons. The molecule has 1 unspecified atom stereocenters. The summed E-state index contributed by atoms with van der Waals surface area (Å²) in [6.07, 6.45) is 6.52. The van der Waals surface area contributed by atoms with Gasteiger partial charge in [-0.3, -0.25) is 9.58 Å². The van der Waals surface area contributed by atoms with Crippen LogP contribution in [0.4, 0.5) is 5.82 Å². The Morgan fingerprint density at radius 1 is 1.38 bits per heavy atom. The Bertz CT molecular complexity index is 592. The highest BCUT2D eigenvalue weighted by Gasteiger charge is 2.22. The van der Waals surface area contributed by atoms with Crippen LogP contribution < -0.4 is 5.32 Å². The van der Waals surface area contributed by atoms with E-state index in [0.29, 0.717) is 5.92 Å². The zero-order chi connectivity index (χ0) is 14.7. The van der Waals surface area contributed by atoms with E-state index in [0.717, 1.165) is 25.5 Å². The first kappa shape index (κ1) is 14.1. The van der Waals surface area contributed by atoms with E-state index < -0.39 is 0 Å². The van der Waals surface area contributed by atoms with Crippen molar-refractivity contribution in [2.24, 2.45) is 7.05 Å². The van der Waals surface area contributed by atoms with E-state index in [-0.39, 0.29) is 0 Å². The maximum Gasteiger partial charge on any atom is 0.125 e. The Morgan fingerprint density at radius 2 is 2.29 bits per heavy atom. The van der Waals surface area contributed by atoms with E-state index in [1.165, 1.54) is 24.1 Å². The Balaban J connectivity index is 1.67. The molecule has 1 aliphatic heterocycles. The minimum Gasteiger partial charge on any atom is -0.373 e. The summed E-state index contributed by atoms with van der Waals surface area (Å²) in [6.45, 7) is 3.22. The van der Waals surface area contributed by atoms with Crippen LogP contribution in [0.25, 0.3) is 0 Å². The molecule has 0 aromatic carbocycles. The molecule has 0 amide bonds. The molecule has 112 valence electrons. The number of nitrogens with one attached hydrogen (secondary N) is 1. The summed E-state index contributed by atoms with van der Waals surface area (Å²) in [7, 11) is 3.89. The Morgan fingerprint density at radius 3 is 3.05 bits per heavy atom. The van der Waals surface area contributed by atoms with Crippen LogP contribution in [0, 0.1) is 0 Å². The van der Waals surface area contributed by atoms with Gasteiger partial charge < -0.3 is 5.32 Å². The summed E-state index contributed by atoms with van der Waals surface area (Å²) >= 11 is 0. The highest BCUT2D eigenvalue weighted by atomic mass is 15.2. The fourth-order valence-electron chi connectivity index (χ4n) is 3.07. The number of likely N-dealkylation sites (tertiary alicyclic amines) is 1. The van der Waals surface area contributed by atoms with Crippen LogP contribution in [0.2, 0.25) is 0 Å². The van der Waals surface area contributed by atoms with Crippen molar-refractivity contribution < 1.29 is 0 Å². The SMILES string of the molecule is CNc1cccc(C2CCCN(Cc3cnn(C)c3)C2)n1. The molecule has 0 bridgehead atoms. The highest BCUT2D eigenvalue weighted by Crippen LogP contribution is 2.27. The lowest BCUT2D eigenvalue weighted by Gasteiger charge is -2.32. The van der Waals surface area contributed by atoms with E-state index in [9.17, 15) is 0 Å². The van der Waals surface area contributed by atoms with Crippen molar-refractivity contribution in [3.63, 3.8) is 0 Å². The second-order valence-corrected chi connectivity index (χ2v) is 5.79. The predicted octanol–water partition coefficient (Wildman–Crippen LogP) is 2.24. The highest BCUT2D eigenvalue weighted by molar-refractivity contribution is 5.35. The van der Waals surface area contributed by atoms with Gasteiger partial charge in [0.1, 0.15) is 5.82 Å². The molecule has 5 heteroatoms. The van der Waals surface area contributed by atoms with Crippen molar-refractivity contribution in [1.82, 2.24) is 19.7 Å². The Labute approximate surface area is 126 Å². The maximum absolute atomic E-state index is 4.71. The molecule has 0 aliphatic carbocycles. The molecule has 21 heavy (non-hydrogen) atoms. The molecule has 5 nitrogen and oxygen atoms in total. The van der Waals surface area contributed by atoms with Gasteiger partial charge in [0.25, 0.3) is 0 Å². The minimum atomic E-state index is 0.531. The van der Waals surface area contributed by atoms with Crippen LogP contribution in [-0.4, -0.2) is 39.8 Å². The molecule has 0 saturated carbocycles. The van der Waals surface area contributed by atoms with Gasteiger partial charge in [-0.25, -0.2) is 4.98 Å². The molecule has 1 N–H and O–H groups in total. The summed E-state index contributed by atoms with van der Waals surface area (Å²) < 4.78 is 1.87. The van der Waals surface area contributed by atoms with Crippen molar-refractivity contribution in [1.29, 1.82) is 0 Å². The normalized spacial score (nSPS) is 19.6. The van der Waals surface area contributed by atoms with Gasteiger partial charge in [0, 0.05) is 50.6 Å². The Hall–Kier alpha value is -1.88. The number of rotatable bonds is 4.